The highest BCUT2D eigenvalue weighted by molar-refractivity contribution is 7.19. The minimum atomic E-state index is 0.248. The second kappa shape index (κ2) is 7.73. The van der Waals surface area contributed by atoms with Crippen LogP contribution in [0, 0.1) is 0 Å². The first-order valence-corrected chi connectivity index (χ1v) is 9.23. The second-order valence-electron chi connectivity index (χ2n) is 5.78. The molecule has 4 aromatic rings. The molecule has 0 aliphatic carbocycles. The quantitative estimate of drug-likeness (QED) is 0.472. The molecule has 0 aliphatic rings. The van der Waals surface area contributed by atoms with Crippen LogP contribution in [0.25, 0.3) is 15.5 Å². The Hall–Kier alpha value is -3.33. The Morgan fingerprint density at radius 1 is 0.821 bits per heavy atom. The van der Waals surface area contributed by atoms with Crippen molar-refractivity contribution in [1.82, 2.24) is 19.8 Å². The Morgan fingerprint density at radius 3 is 2.11 bits per heavy atom. The lowest BCUT2D eigenvalue weighted by molar-refractivity contribution is 0.292. The highest BCUT2D eigenvalue weighted by atomic mass is 32.1. The summed E-state index contributed by atoms with van der Waals surface area (Å²) in [7, 11) is 4.86. The Morgan fingerprint density at radius 2 is 1.46 bits per heavy atom. The fraction of sp³-hybridized carbons (Fsp3) is 0.211. The van der Waals surface area contributed by atoms with Gasteiger partial charge in [0.15, 0.2) is 5.82 Å². The Labute approximate surface area is 165 Å². The van der Waals surface area contributed by atoms with Gasteiger partial charge in [-0.15, -0.1) is 10.2 Å². The molecule has 2 heterocycles. The summed E-state index contributed by atoms with van der Waals surface area (Å²) in [5.41, 5.74) is 0.883. The van der Waals surface area contributed by atoms with Crippen molar-refractivity contribution in [1.29, 1.82) is 0 Å². The highest BCUT2D eigenvalue weighted by Gasteiger charge is 2.15. The lowest BCUT2D eigenvalue weighted by atomic mass is 10.2. The van der Waals surface area contributed by atoms with E-state index in [1.54, 1.807) is 25.8 Å². The van der Waals surface area contributed by atoms with E-state index < -0.39 is 0 Å². The first-order chi connectivity index (χ1) is 13.7. The van der Waals surface area contributed by atoms with E-state index in [0.29, 0.717) is 28.0 Å². The molecular weight excluding hydrogens is 380 g/mol. The smallest absolute Gasteiger partial charge is 0.235 e. The van der Waals surface area contributed by atoms with Crippen molar-refractivity contribution in [3.05, 3.63) is 48.3 Å². The number of ether oxygens (including phenoxy) is 4. The molecule has 2 aromatic carbocycles. The second-order valence-corrected chi connectivity index (χ2v) is 6.74. The van der Waals surface area contributed by atoms with Crippen LogP contribution in [0.15, 0.2) is 42.5 Å². The van der Waals surface area contributed by atoms with E-state index in [9.17, 15) is 0 Å². The van der Waals surface area contributed by atoms with E-state index in [-0.39, 0.29) is 6.61 Å². The minimum Gasteiger partial charge on any atom is -0.497 e. The first kappa shape index (κ1) is 18.1. The van der Waals surface area contributed by atoms with E-state index in [1.807, 2.05) is 42.5 Å². The standard InChI is InChI=1S/C19H18N4O4S/c1-24-13-4-6-14(7-5-13)27-11-17-20-21-19-23(17)22-18(28-19)12-8-15(25-2)10-16(9-12)26-3/h4-10H,11H2,1-3H3. The molecule has 0 atom stereocenters. The molecule has 8 nitrogen and oxygen atoms in total. The van der Waals surface area contributed by atoms with Gasteiger partial charge in [0.05, 0.1) is 21.3 Å². The van der Waals surface area contributed by atoms with E-state index in [4.69, 9.17) is 18.9 Å². The van der Waals surface area contributed by atoms with E-state index in [0.717, 1.165) is 16.3 Å². The molecule has 9 heteroatoms. The highest BCUT2D eigenvalue weighted by Crippen LogP contribution is 2.32. The van der Waals surface area contributed by atoms with Crippen LogP contribution in [0.4, 0.5) is 0 Å². The molecule has 28 heavy (non-hydrogen) atoms. The summed E-state index contributed by atoms with van der Waals surface area (Å²) in [6, 6.07) is 13.0. The fourth-order valence-corrected chi connectivity index (χ4v) is 3.46. The van der Waals surface area contributed by atoms with Gasteiger partial charge in [0, 0.05) is 11.6 Å². The lowest BCUT2D eigenvalue weighted by Gasteiger charge is -2.06. The number of hydrogen-bond acceptors (Lipinski definition) is 8. The van der Waals surface area contributed by atoms with Gasteiger partial charge in [-0.25, -0.2) is 0 Å². The lowest BCUT2D eigenvalue weighted by Crippen LogP contribution is -2.02. The van der Waals surface area contributed by atoms with Crippen LogP contribution in [-0.4, -0.2) is 41.1 Å². The molecule has 0 fully saturated rings. The van der Waals surface area contributed by atoms with Crippen molar-refractivity contribution >= 4 is 16.3 Å². The van der Waals surface area contributed by atoms with Gasteiger partial charge in [0.25, 0.3) is 0 Å². The van der Waals surface area contributed by atoms with Crippen LogP contribution in [-0.2, 0) is 6.61 Å². The topological polar surface area (TPSA) is 80.0 Å². The van der Waals surface area contributed by atoms with Gasteiger partial charge < -0.3 is 18.9 Å². The van der Waals surface area contributed by atoms with Crippen LogP contribution in [0.2, 0.25) is 0 Å². The van der Waals surface area contributed by atoms with Gasteiger partial charge in [-0.2, -0.15) is 9.61 Å². The van der Waals surface area contributed by atoms with Gasteiger partial charge in [-0.3, -0.25) is 0 Å². The van der Waals surface area contributed by atoms with Crippen LogP contribution in [0.3, 0.4) is 0 Å². The fourth-order valence-electron chi connectivity index (χ4n) is 2.61. The zero-order valence-corrected chi connectivity index (χ0v) is 16.4. The molecule has 0 saturated carbocycles. The van der Waals surface area contributed by atoms with E-state index in [1.165, 1.54) is 11.3 Å². The average molecular weight is 398 g/mol. The number of rotatable bonds is 7. The first-order valence-electron chi connectivity index (χ1n) is 8.41. The predicted molar refractivity (Wildman–Crippen MR) is 105 cm³/mol. The molecule has 2 aromatic heterocycles. The third kappa shape index (κ3) is 3.56. The van der Waals surface area contributed by atoms with Crippen LogP contribution >= 0.6 is 11.3 Å². The molecule has 4 rings (SSSR count). The Balaban J connectivity index is 1.58. The zero-order valence-electron chi connectivity index (χ0n) is 15.6. The summed E-state index contributed by atoms with van der Waals surface area (Å²) in [4.78, 5) is 0.685. The SMILES string of the molecule is COc1ccc(OCc2nnc3sc(-c4cc(OC)cc(OC)c4)nn23)cc1. The van der Waals surface area contributed by atoms with Gasteiger partial charge in [-0.05, 0) is 36.4 Å². The van der Waals surface area contributed by atoms with Crippen molar-refractivity contribution in [2.45, 2.75) is 6.61 Å². The molecule has 0 spiro atoms. The average Bonchev–Trinajstić information content (AvgIpc) is 3.33. The maximum Gasteiger partial charge on any atom is 0.235 e. The summed E-state index contributed by atoms with van der Waals surface area (Å²) in [6.07, 6.45) is 0. The summed E-state index contributed by atoms with van der Waals surface area (Å²) in [6.45, 7) is 0.248. The van der Waals surface area contributed by atoms with Crippen molar-refractivity contribution in [3.63, 3.8) is 0 Å². The van der Waals surface area contributed by atoms with Crippen molar-refractivity contribution < 1.29 is 18.9 Å². The summed E-state index contributed by atoms with van der Waals surface area (Å²) >= 11 is 1.43. The number of benzene rings is 2. The monoisotopic (exact) mass is 398 g/mol. The largest absolute Gasteiger partial charge is 0.497 e. The van der Waals surface area contributed by atoms with Crippen molar-refractivity contribution in [2.75, 3.05) is 21.3 Å². The van der Waals surface area contributed by atoms with Crippen LogP contribution in [0.1, 0.15) is 5.82 Å². The Bertz CT molecular complexity index is 1070. The van der Waals surface area contributed by atoms with Gasteiger partial charge in [0.2, 0.25) is 4.96 Å². The molecule has 0 saturated heterocycles. The molecule has 0 N–H and O–H groups in total. The maximum absolute atomic E-state index is 5.79. The van der Waals surface area contributed by atoms with Gasteiger partial charge in [0.1, 0.15) is 34.6 Å². The molecule has 0 aliphatic heterocycles. The summed E-state index contributed by atoms with van der Waals surface area (Å²) in [5, 5.41) is 13.8. The molecule has 0 radical (unpaired) electrons. The van der Waals surface area contributed by atoms with Gasteiger partial charge >= 0.3 is 0 Å². The normalized spacial score (nSPS) is 10.8. The summed E-state index contributed by atoms with van der Waals surface area (Å²) < 4.78 is 23.3. The zero-order chi connectivity index (χ0) is 19.5. The molecular formula is C19H18N4O4S. The van der Waals surface area contributed by atoms with Crippen LogP contribution < -0.4 is 18.9 Å². The number of fused-ring (bicyclic) bond motifs is 1. The van der Waals surface area contributed by atoms with E-state index >= 15 is 0 Å². The van der Waals surface area contributed by atoms with Gasteiger partial charge in [-0.1, -0.05) is 11.3 Å². The number of aromatic nitrogens is 4. The number of hydrogen-bond donors (Lipinski definition) is 0. The van der Waals surface area contributed by atoms with Crippen LogP contribution in [0.5, 0.6) is 23.0 Å². The van der Waals surface area contributed by atoms with Crippen molar-refractivity contribution in [3.8, 4) is 33.6 Å². The third-order valence-electron chi connectivity index (χ3n) is 4.08. The molecule has 144 valence electrons. The van der Waals surface area contributed by atoms with E-state index in [2.05, 4.69) is 15.3 Å². The predicted octanol–water partition coefficient (Wildman–Crippen LogP) is 3.46. The number of nitrogens with zero attached hydrogens (tertiary/aromatic N) is 4. The maximum atomic E-state index is 5.79. The molecule has 0 unspecified atom stereocenters. The molecule has 0 bridgehead atoms. The number of methoxy groups -OCH3 is 3. The molecule has 0 amide bonds. The van der Waals surface area contributed by atoms with Crippen molar-refractivity contribution in [2.24, 2.45) is 0 Å². The minimum absolute atomic E-state index is 0.248. The summed E-state index contributed by atoms with van der Waals surface area (Å²) in [5.74, 6) is 3.50. The Kier molecular flexibility index (Phi) is 4.98. The third-order valence-corrected chi connectivity index (χ3v) is 5.03.